The van der Waals surface area contributed by atoms with Gasteiger partial charge in [-0.05, 0) is 48.4 Å². The van der Waals surface area contributed by atoms with E-state index in [-0.39, 0.29) is 16.1 Å². The summed E-state index contributed by atoms with van der Waals surface area (Å²) in [5, 5.41) is 9.65. The summed E-state index contributed by atoms with van der Waals surface area (Å²) in [5.41, 5.74) is 1.85. The van der Waals surface area contributed by atoms with Crippen molar-refractivity contribution in [1.29, 1.82) is 0 Å². The van der Waals surface area contributed by atoms with Crippen molar-refractivity contribution in [3.05, 3.63) is 89.2 Å². The first-order valence-corrected chi connectivity index (χ1v) is 10.6. The standard InChI is InChI=1S/C22H21FN2O4S/c1-15-8-9-17(23)12-21(15)30(28,29)24-18-10-11-20(19(13-18)22(26)27)25(2)14-16-6-4-3-5-7-16/h3-13,24H,14H2,1-2H3,(H,26,27). The zero-order valence-corrected chi connectivity index (χ0v) is 17.3. The van der Waals surface area contributed by atoms with E-state index in [2.05, 4.69) is 4.72 Å². The molecule has 6 nitrogen and oxygen atoms in total. The van der Waals surface area contributed by atoms with Crippen LogP contribution in [0.5, 0.6) is 0 Å². The third kappa shape index (κ3) is 4.77. The lowest BCUT2D eigenvalue weighted by Crippen LogP contribution is -2.20. The first kappa shape index (κ1) is 21.3. The summed E-state index contributed by atoms with van der Waals surface area (Å²) in [5.74, 6) is -1.86. The van der Waals surface area contributed by atoms with Crippen LogP contribution in [0.25, 0.3) is 0 Å². The first-order valence-electron chi connectivity index (χ1n) is 9.09. The molecule has 0 radical (unpaired) electrons. The molecule has 0 spiro atoms. The molecule has 0 atom stereocenters. The molecule has 0 aliphatic heterocycles. The molecule has 0 saturated heterocycles. The van der Waals surface area contributed by atoms with Crippen LogP contribution in [0.4, 0.5) is 15.8 Å². The highest BCUT2D eigenvalue weighted by atomic mass is 32.2. The minimum absolute atomic E-state index is 0.0513. The van der Waals surface area contributed by atoms with E-state index in [9.17, 15) is 22.7 Å². The second-order valence-corrected chi connectivity index (χ2v) is 8.54. The van der Waals surface area contributed by atoms with Crippen LogP contribution in [-0.2, 0) is 16.6 Å². The molecule has 156 valence electrons. The van der Waals surface area contributed by atoms with E-state index in [1.807, 2.05) is 30.3 Å². The predicted molar refractivity (Wildman–Crippen MR) is 114 cm³/mol. The SMILES string of the molecule is Cc1ccc(F)cc1S(=O)(=O)Nc1ccc(N(C)Cc2ccccc2)c(C(=O)O)c1. The quantitative estimate of drug-likeness (QED) is 0.587. The van der Waals surface area contributed by atoms with Crippen molar-refractivity contribution in [2.45, 2.75) is 18.4 Å². The molecule has 0 unspecified atom stereocenters. The molecule has 0 aromatic heterocycles. The van der Waals surface area contributed by atoms with Gasteiger partial charge in [0.15, 0.2) is 0 Å². The molecule has 3 aromatic carbocycles. The maximum atomic E-state index is 13.5. The molecule has 0 heterocycles. The number of hydrogen-bond donors (Lipinski definition) is 2. The lowest BCUT2D eigenvalue weighted by Gasteiger charge is -2.22. The summed E-state index contributed by atoms with van der Waals surface area (Å²) in [6, 6.07) is 17.3. The summed E-state index contributed by atoms with van der Waals surface area (Å²) in [7, 11) is -2.33. The molecular weight excluding hydrogens is 407 g/mol. The van der Waals surface area contributed by atoms with Crippen LogP contribution in [-0.4, -0.2) is 26.5 Å². The van der Waals surface area contributed by atoms with Gasteiger partial charge in [-0.15, -0.1) is 0 Å². The fraction of sp³-hybridized carbons (Fsp3) is 0.136. The average Bonchev–Trinajstić information content (AvgIpc) is 2.70. The molecule has 30 heavy (non-hydrogen) atoms. The molecule has 0 bridgehead atoms. The Balaban J connectivity index is 1.91. The van der Waals surface area contributed by atoms with E-state index in [0.717, 1.165) is 11.6 Å². The van der Waals surface area contributed by atoms with Crippen molar-refractivity contribution in [1.82, 2.24) is 0 Å². The van der Waals surface area contributed by atoms with Crippen molar-refractivity contribution in [2.24, 2.45) is 0 Å². The lowest BCUT2D eigenvalue weighted by molar-refractivity contribution is 0.0697. The predicted octanol–water partition coefficient (Wildman–Crippen LogP) is 4.27. The van der Waals surface area contributed by atoms with E-state index in [0.29, 0.717) is 17.8 Å². The number of nitrogens with zero attached hydrogens (tertiary/aromatic N) is 1. The molecule has 0 saturated carbocycles. The summed E-state index contributed by atoms with van der Waals surface area (Å²) >= 11 is 0. The molecule has 3 rings (SSSR count). The molecule has 0 amide bonds. The molecule has 2 N–H and O–H groups in total. The van der Waals surface area contributed by atoms with Crippen LogP contribution in [0.1, 0.15) is 21.5 Å². The van der Waals surface area contributed by atoms with Crippen molar-refractivity contribution < 1.29 is 22.7 Å². The Morgan fingerprint density at radius 1 is 1.07 bits per heavy atom. The van der Waals surface area contributed by atoms with Gasteiger partial charge in [0.2, 0.25) is 0 Å². The van der Waals surface area contributed by atoms with Gasteiger partial charge < -0.3 is 10.0 Å². The van der Waals surface area contributed by atoms with Gasteiger partial charge in [-0.25, -0.2) is 17.6 Å². The Morgan fingerprint density at radius 2 is 1.77 bits per heavy atom. The summed E-state index contributed by atoms with van der Waals surface area (Å²) in [6.45, 7) is 2.03. The zero-order chi connectivity index (χ0) is 21.9. The minimum Gasteiger partial charge on any atom is -0.478 e. The number of aromatic carboxylic acids is 1. The highest BCUT2D eigenvalue weighted by molar-refractivity contribution is 7.92. The first-order chi connectivity index (χ1) is 14.2. The van der Waals surface area contributed by atoms with Crippen molar-refractivity contribution in [2.75, 3.05) is 16.7 Å². The highest BCUT2D eigenvalue weighted by Gasteiger charge is 2.20. The minimum atomic E-state index is -4.09. The van der Waals surface area contributed by atoms with Crippen LogP contribution in [0, 0.1) is 12.7 Å². The number of carboxylic acid groups (broad SMARTS) is 1. The molecule has 8 heteroatoms. The number of carboxylic acids is 1. The Kier molecular flexibility index (Phi) is 6.07. The van der Waals surface area contributed by atoms with Crippen LogP contribution in [0.2, 0.25) is 0 Å². The number of halogens is 1. The van der Waals surface area contributed by atoms with Gasteiger partial charge in [0.1, 0.15) is 5.82 Å². The molecule has 3 aromatic rings. The summed E-state index contributed by atoms with van der Waals surface area (Å²) in [6.07, 6.45) is 0. The fourth-order valence-corrected chi connectivity index (χ4v) is 4.43. The zero-order valence-electron chi connectivity index (χ0n) is 16.5. The van der Waals surface area contributed by atoms with Crippen molar-refractivity contribution in [3.8, 4) is 0 Å². The fourth-order valence-electron chi connectivity index (χ4n) is 3.12. The highest BCUT2D eigenvalue weighted by Crippen LogP contribution is 2.27. The maximum Gasteiger partial charge on any atom is 0.337 e. The molecular formula is C22H21FN2O4S. The van der Waals surface area contributed by atoms with E-state index in [4.69, 9.17) is 0 Å². The van der Waals surface area contributed by atoms with Crippen molar-refractivity contribution >= 4 is 27.4 Å². The van der Waals surface area contributed by atoms with Crippen molar-refractivity contribution in [3.63, 3.8) is 0 Å². The Hall–Kier alpha value is -3.39. The average molecular weight is 428 g/mol. The maximum absolute atomic E-state index is 13.5. The summed E-state index contributed by atoms with van der Waals surface area (Å²) in [4.78, 5) is 13.4. The van der Waals surface area contributed by atoms with Crippen LogP contribution >= 0.6 is 0 Å². The number of nitrogens with one attached hydrogen (secondary N) is 1. The number of benzene rings is 3. The smallest absolute Gasteiger partial charge is 0.337 e. The van der Waals surface area contributed by atoms with Gasteiger partial charge in [0.25, 0.3) is 10.0 Å². The van der Waals surface area contributed by atoms with E-state index in [1.54, 1.807) is 24.9 Å². The number of hydrogen-bond acceptors (Lipinski definition) is 4. The van der Waals surface area contributed by atoms with Gasteiger partial charge in [0.05, 0.1) is 16.1 Å². The van der Waals surface area contributed by atoms with Gasteiger partial charge in [0, 0.05) is 19.3 Å². The lowest BCUT2D eigenvalue weighted by atomic mass is 10.1. The van der Waals surface area contributed by atoms with Gasteiger partial charge in [-0.2, -0.15) is 0 Å². The third-order valence-electron chi connectivity index (χ3n) is 4.59. The number of anilines is 2. The second-order valence-electron chi connectivity index (χ2n) is 6.89. The number of rotatable bonds is 7. The van der Waals surface area contributed by atoms with Gasteiger partial charge >= 0.3 is 5.97 Å². The van der Waals surface area contributed by atoms with Crippen LogP contribution in [0.15, 0.2) is 71.6 Å². The Labute approximate surface area is 174 Å². The Bertz CT molecular complexity index is 1180. The second kappa shape index (κ2) is 8.54. The molecule has 0 fully saturated rings. The van der Waals surface area contributed by atoms with E-state index < -0.39 is 21.8 Å². The van der Waals surface area contributed by atoms with Gasteiger partial charge in [-0.3, -0.25) is 4.72 Å². The molecule has 0 aliphatic rings. The van der Waals surface area contributed by atoms with Gasteiger partial charge in [-0.1, -0.05) is 36.4 Å². The van der Waals surface area contributed by atoms with Crippen LogP contribution < -0.4 is 9.62 Å². The summed E-state index contributed by atoms with van der Waals surface area (Å²) < 4.78 is 41.2. The topological polar surface area (TPSA) is 86.7 Å². The number of sulfonamides is 1. The van der Waals surface area contributed by atoms with E-state index in [1.165, 1.54) is 24.3 Å². The Morgan fingerprint density at radius 3 is 2.43 bits per heavy atom. The largest absolute Gasteiger partial charge is 0.478 e. The molecule has 0 aliphatic carbocycles. The third-order valence-corrected chi connectivity index (χ3v) is 6.12. The number of carbonyl (C=O) groups is 1. The number of aryl methyl sites for hydroxylation is 1. The van der Waals surface area contributed by atoms with E-state index >= 15 is 0 Å². The van der Waals surface area contributed by atoms with Crippen LogP contribution in [0.3, 0.4) is 0 Å². The normalized spacial score (nSPS) is 11.2. The monoisotopic (exact) mass is 428 g/mol.